The first kappa shape index (κ1) is 15.3. The summed E-state index contributed by atoms with van der Waals surface area (Å²) in [4.78, 5) is 12.2. The van der Waals surface area contributed by atoms with Crippen LogP contribution in [0.25, 0.3) is 11.1 Å². The number of carbonyl (C=O) groups is 1. The molecule has 0 atom stereocenters. The van der Waals surface area contributed by atoms with Crippen molar-refractivity contribution in [1.82, 2.24) is 5.32 Å². The molecule has 0 bridgehead atoms. The molecule has 0 saturated heterocycles. The normalized spacial score (nSPS) is 11.2. The van der Waals surface area contributed by atoms with Gasteiger partial charge >= 0.3 is 0 Å². The van der Waals surface area contributed by atoms with Gasteiger partial charge in [-0.2, -0.15) is 0 Å². The first-order valence-corrected chi connectivity index (χ1v) is 7.41. The van der Waals surface area contributed by atoms with E-state index in [1.165, 1.54) is 5.56 Å². The molecule has 0 aliphatic rings. The summed E-state index contributed by atoms with van der Waals surface area (Å²) >= 11 is 0. The van der Waals surface area contributed by atoms with Gasteiger partial charge in [0.05, 0.1) is 0 Å². The average molecular weight is 281 g/mol. The van der Waals surface area contributed by atoms with Gasteiger partial charge in [0, 0.05) is 12.1 Å². The van der Waals surface area contributed by atoms with Gasteiger partial charge in [0.2, 0.25) is 0 Å². The van der Waals surface area contributed by atoms with Crippen molar-refractivity contribution in [3.05, 3.63) is 59.7 Å². The summed E-state index contributed by atoms with van der Waals surface area (Å²) in [7, 11) is 0. The highest BCUT2D eigenvalue weighted by Gasteiger charge is 2.15. The van der Waals surface area contributed by atoms with Crippen LogP contribution in [0.3, 0.4) is 0 Å². The summed E-state index contributed by atoms with van der Waals surface area (Å²) in [6.07, 6.45) is 0. The molecular formula is C19H23NO. The number of nitrogens with one attached hydrogen (secondary N) is 1. The zero-order valence-electron chi connectivity index (χ0n) is 13.2. The van der Waals surface area contributed by atoms with E-state index in [2.05, 4.69) is 50.4 Å². The molecule has 110 valence electrons. The summed E-state index contributed by atoms with van der Waals surface area (Å²) in [6, 6.07) is 16.2. The lowest BCUT2D eigenvalue weighted by Gasteiger charge is -2.19. The standard InChI is InChI=1S/C19H23NO/c1-5-20-18(21)17-9-7-6-8-16(17)14-10-12-15(13-11-14)19(2,3)4/h6-13H,5H2,1-4H3,(H,20,21). The summed E-state index contributed by atoms with van der Waals surface area (Å²) in [6.45, 7) is 9.16. The highest BCUT2D eigenvalue weighted by Crippen LogP contribution is 2.28. The summed E-state index contributed by atoms with van der Waals surface area (Å²) < 4.78 is 0. The first-order valence-electron chi connectivity index (χ1n) is 7.41. The molecule has 0 unspecified atom stereocenters. The van der Waals surface area contributed by atoms with Gasteiger partial charge in [0.15, 0.2) is 0 Å². The van der Waals surface area contributed by atoms with Crippen LogP contribution in [-0.4, -0.2) is 12.5 Å². The van der Waals surface area contributed by atoms with E-state index in [-0.39, 0.29) is 11.3 Å². The van der Waals surface area contributed by atoms with Gasteiger partial charge in [0.25, 0.3) is 5.91 Å². The Labute approximate surface area is 127 Å². The molecule has 0 saturated carbocycles. The predicted molar refractivity (Wildman–Crippen MR) is 88.6 cm³/mol. The molecule has 0 spiro atoms. The number of rotatable bonds is 3. The van der Waals surface area contributed by atoms with Crippen molar-refractivity contribution in [3.8, 4) is 11.1 Å². The van der Waals surface area contributed by atoms with E-state index in [1.807, 2.05) is 31.2 Å². The zero-order valence-corrected chi connectivity index (χ0v) is 13.2. The molecule has 0 fully saturated rings. The van der Waals surface area contributed by atoms with Crippen molar-refractivity contribution in [2.24, 2.45) is 0 Å². The number of carbonyl (C=O) groups excluding carboxylic acids is 1. The van der Waals surface area contributed by atoms with Gasteiger partial charge in [-0.15, -0.1) is 0 Å². The van der Waals surface area contributed by atoms with E-state index in [0.29, 0.717) is 6.54 Å². The van der Waals surface area contributed by atoms with Gasteiger partial charge in [-0.05, 0) is 35.1 Å². The molecule has 0 aliphatic carbocycles. The van der Waals surface area contributed by atoms with Crippen LogP contribution < -0.4 is 5.32 Å². The zero-order chi connectivity index (χ0) is 15.5. The average Bonchev–Trinajstić information content (AvgIpc) is 2.47. The molecule has 2 rings (SSSR count). The predicted octanol–water partition coefficient (Wildman–Crippen LogP) is 4.40. The van der Waals surface area contributed by atoms with Gasteiger partial charge in [-0.3, -0.25) is 4.79 Å². The third kappa shape index (κ3) is 3.52. The maximum absolute atomic E-state index is 12.2. The minimum atomic E-state index is -0.0204. The number of benzene rings is 2. The molecule has 21 heavy (non-hydrogen) atoms. The molecule has 2 aromatic carbocycles. The maximum Gasteiger partial charge on any atom is 0.251 e. The van der Waals surface area contributed by atoms with Crippen LogP contribution in [0.1, 0.15) is 43.6 Å². The van der Waals surface area contributed by atoms with Crippen LogP contribution >= 0.6 is 0 Å². The Balaban J connectivity index is 2.41. The first-order chi connectivity index (χ1) is 9.93. The van der Waals surface area contributed by atoms with E-state index < -0.39 is 0 Å². The van der Waals surface area contributed by atoms with E-state index in [4.69, 9.17) is 0 Å². The van der Waals surface area contributed by atoms with Crippen LogP contribution in [0.2, 0.25) is 0 Å². The Morgan fingerprint density at radius 2 is 1.62 bits per heavy atom. The molecule has 2 heteroatoms. The maximum atomic E-state index is 12.2. The molecule has 1 amide bonds. The van der Waals surface area contributed by atoms with Crippen LogP contribution in [0, 0.1) is 0 Å². The summed E-state index contributed by atoms with van der Waals surface area (Å²) in [5.74, 6) is -0.0204. The monoisotopic (exact) mass is 281 g/mol. The Hall–Kier alpha value is -2.09. The SMILES string of the molecule is CCNC(=O)c1ccccc1-c1ccc(C(C)(C)C)cc1. The lowest BCUT2D eigenvalue weighted by atomic mass is 9.86. The quantitative estimate of drug-likeness (QED) is 0.887. The smallest absolute Gasteiger partial charge is 0.251 e. The van der Waals surface area contributed by atoms with Crippen molar-refractivity contribution in [2.75, 3.05) is 6.54 Å². The largest absolute Gasteiger partial charge is 0.352 e. The fourth-order valence-corrected chi connectivity index (χ4v) is 2.34. The van der Waals surface area contributed by atoms with Crippen molar-refractivity contribution >= 4 is 5.91 Å². The molecule has 1 N–H and O–H groups in total. The van der Waals surface area contributed by atoms with Crippen LogP contribution in [0.4, 0.5) is 0 Å². The van der Waals surface area contributed by atoms with Crippen molar-refractivity contribution < 1.29 is 4.79 Å². The lowest BCUT2D eigenvalue weighted by molar-refractivity contribution is 0.0956. The minimum absolute atomic E-state index is 0.0204. The van der Waals surface area contributed by atoms with Gasteiger partial charge in [-0.25, -0.2) is 0 Å². The Morgan fingerprint density at radius 3 is 2.19 bits per heavy atom. The Morgan fingerprint density at radius 1 is 1.00 bits per heavy atom. The van der Waals surface area contributed by atoms with Crippen molar-refractivity contribution in [2.45, 2.75) is 33.1 Å². The van der Waals surface area contributed by atoms with E-state index in [9.17, 15) is 4.79 Å². The Bertz CT molecular complexity index is 621. The van der Waals surface area contributed by atoms with Crippen LogP contribution in [-0.2, 0) is 5.41 Å². The van der Waals surface area contributed by atoms with Gasteiger partial charge < -0.3 is 5.32 Å². The molecule has 2 aromatic rings. The van der Waals surface area contributed by atoms with Gasteiger partial charge in [-0.1, -0.05) is 63.2 Å². The van der Waals surface area contributed by atoms with Gasteiger partial charge in [0.1, 0.15) is 0 Å². The van der Waals surface area contributed by atoms with Crippen molar-refractivity contribution in [3.63, 3.8) is 0 Å². The Kier molecular flexibility index (Phi) is 4.46. The van der Waals surface area contributed by atoms with Crippen LogP contribution in [0.15, 0.2) is 48.5 Å². The molecular weight excluding hydrogens is 258 g/mol. The van der Waals surface area contributed by atoms with Crippen LogP contribution in [0.5, 0.6) is 0 Å². The van der Waals surface area contributed by atoms with E-state index in [1.54, 1.807) is 0 Å². The van der Waals surface area contributed by atoms with Crippen molar-refractivity contribution in [1.29, 1.82) is 0 Å². The van der Waals surface area contributed by atoms with E-state index >= 15 is 0 Å². The molecule has 2 nitrogen and oxygen atoms in total. The molecule has 0 heterocycles. The third-order valence-electron chi connectivity index (χ3n) is 3.57. The molecule has 0 radical (unpaired) electrons. The fraction of sp³-hybridized carbons (Fsp3) is 0.316. The highest BCUT2D eigenvalue weighted by atomic mass is 16.1. The lowest BCUT2D eigenvalue weighted by Crippen LogP contribution is -2.23. The molecule has 0 aliphatic heterocycles. The second-order valence-corrected chi connectivity index (χ2v) is 6.23. The second-order valence-electron chi connectivity index (χ2n) is 6.23. The summed E-state index contributed by atoms with van der Waals surface area (Å²) in [5.41, 5.74) is 4.20. The molecule has 0 aromatic heterocycles. The number of hydrogen-bond acceptors (Lipinski definition) is 1. The topological polar surface area (TPSA) is 29.1 Å². The number of hydrogen-bond donors (Lipinski definition) is 1. The highest BCUT2D eigenvalue weighted by molar-refractivity contribution is 6.00. The second kappa shape index (κ2) is 6.13. The van der Waals surface area contributed by atoms with E-state index in [0.717, 1.165) is 16.7 Å². The minimum Gasteiger partial charge on any atom is -0.352 e. The summed E-state index contributed by atoms with van der Waals surface area (Å²) in [5, 5.41) is 2.87. The number of amides is 1. The fourth-order valence-electron chi connectivity index (χ4n) is 2.34. The third-order valence-corrected chi connectivity index (χ3v) is 3.57.